The van der Waals surface area contributed by atoms with E-state index in [0.29, 0.717) is 5.92 Å². The predicted octanol–water partition coefficient (Wildman–Crippen LogP) is 2.88. The minimum Gasteiger partial charge on any atom is -0.355 e. The monoisotopic (exact) mass is 231 g/mol. The predicted molar refractivity (Wildman–Crippen MR) is 69.8 cm³/mol. The second-order valence-electron chi connectivity index (χ2n) is 5.39. The van der Waals surface area contributed by atoms with E-state index < -0.39 is 0 Å². The minimum atomic E-state index is -0.210. The highest BCUT2D eigenvalue weighted by atomic mass is 16.2. The molecule has 0 saturated heterocycles. The van der Waals surface area contributed by atoms with E-state index in [1.54, 1.807) is 0 Å². The van der Waals surface area contributed by atoms with Gasteiger partial charge in [-0.25, -0.2) is 0 Å². The van der Waals surface area contributed by atoms with Gasteiger partial charge in [0.2, 0.25) is 5.91 Å². The molecule has 1 amide bonds. The zero-order valence-corrected chi connectivity index (χ0v) is 10.7. The maximum absolute atomic E-state index is 12.2. The van der Waals surface area contributed by atoms with E-state index in [0.717, 1.165) is 25.8 Å². The summed E-state index contributed by atoms with van der Waals surface area (Å²) in [7, 11) is 0. The number of hydrogen-bond donors (Lipinski definition) is 1. The summed E-state index contributed by atoms with van der Waals surface area (Å²) < 4.78 is 0. The summed E-state index contributed by atoms with van der Waals surface area (Å²) in [5, 5.41) is 3.08. The molecule has 1 N–H and O–H groups in total. The first-order chi connectivity index (χ1) is 8.15. The Bertz CT molecular complexity index is 379. The summed E-state index contributed by atoms with van der Waals surface area (Å²) in [5.41, 5.74) is 0.958. The summed E-state index contributed by atoms with van der Waals surface area (Å²) in [6.07, 6.45) is 3.03. The first kappa shape index (κ1) is 12.2. The van der Waals surface area contributed by atoms with Crippen LogP contribution in [-0.4, -0.2) is 12.5 Å². The van der Waals surface area contributed by atoms with Gasteiger partial charge in [0.25, 0.3) is 0 Å². The summed E-state index contributed by atoms with van der Waals surface area (Å²) in [4.78, 5) is 12.2. The molecule has 2 rings (SSSR count). The Balaban J connectivity index is 1.95. The first-order valence-corrected chi connectivity index (χ1v) is 6.49. The molecular formula is C15H21NO. The molecule has 92 valence electrons. The Labute approximate surface area is 103 Å². The third-order valence-electron chi connectivity index (χ3n) is 3.52. The number of carbonyl (C=O) groups excluding carboxylic acids is 1. The highest BCUT2D eigenvalue weighted by molar-refractivity contribution is 5.91. The largest absolute Gasteiger partial charge is 0.355 e. The van der Waals surface area contributed by atoms with Crippen molar-refractivity contribution in [2.24, 2.45) is 5.92 Å². The molecule has 0 spiro atoms. The fourth-order valence-electron chi connectivity index (χ4n) is 2.17. The number of nitrogens with one attached hydrogen (secondary N) is 1. The molecular weight excluding hydrogens is 210 g/mol. The zero-order valence-electron chi connectivity index (χ0n) is 10.7. The topological polar surface area (TPSA) is 29.1 Å². The van der Waals surface area contributed by atoms with Crippen molar-refractivity contribution in [3.63, 3.8) is 0 Å². The van der Waals surface area contributed by atoms with E-state index in [1.165, 1.54) is 5.56 Å². The molecule has 0 bridgehead atoms. The summed E-state index contributed by atoms with van der Waals surface area (Å²) in [5.74, 6) is 0.853. The van der Waals surface area contributed by atoms with Crippen molar-refractivity contribution in [3.8, 4) is 0 Å². The van der Waals surface area contributed by atoms with Gasteiger partial charge in [-0.15, -0.1) is 0 Å². The van der Waals surface area contributed by atoms with Crippen LogP contribution in [0.2, 0.25) is 0 Å². The Morgan fingerprint density at radius 3 is 2.47 bits per heavy atom. The smallest absolute Gasteiger partial charge is 0.230 e. The van der Waals surface area contributed by atoms with Crippen LogP contribution in [0.3, 0.4) is 0 Å². The zero-order chi connectivity index (χ0) is 12.3. The molecule has 0 atom stereocenters. The van der Waals surface area contributed by atoms with Crippen LogP contribution in [0, 0.1) is 5.92 Å². The normalized spacial score (nSPS) is 16.9. The molecule has 0 heterocycles. The molecule has 1 aromatic carbocycles. The minimum absolute atomic E-state index is 0.210. The SMILES string of the molecule is CC(C)CCNC(=O)C1(c2ccccc2)CC1. The maximum atomic E-state index is 12.2. The van der Waals surface area contributed by atoms with Gasteiger partial charge in [-0.1, -0.05) is 44.2 Å². The average molecular weight is 231 g/mol. The third-order valence-corrected chi connectivity index (χ3v) is 3.52. The molecule has 1 saturated carbocycles. The van der Waals surface area contributed by atoms with Gasteiger partial charge < -0.3 is 5.32 Å². The average Bonchev–Trinajstić information content (AvgIpc) is 3.11. The number of hydrogen-bond acceptors (Lipinski definition) is 1. The van der Waals surface area contributed by atoms with Crippen molar-refractivity contribution in [3.05, 3.63) is 35.9 Å². The fourth-order valence-corrected chi connectivity index (χ4v) is 2.17. The van der Waals surface area contributed by atoms with Gasteiger partial charge >= 0.3 is 0 Å². The molecule has 1 aliphatic rings. The molecule has 1 aromatic rings. The van der Waals surface area contributed by atoms with Gasteiger partial charge in [-0.2, -0.15) is 0 Å². The van der Waals surface area contributed by atoms with Crippen molar-refractivity contribution in [2.45, 2.75) is 38.5 Å². The Morgan fingerprint density at radius 2 is 1.94 bits per heavy atom. The highest BCUT2D eigenvalue weighted by Gasteiger charge is 2.50. The van der Waals surface area contributed by atoms with Crippen molar-refractivity contribution in [1.82, 2.24) is 5.32 Å². The molecule has 2 nitrogen and oxygen atoms in total. The van der Waals surface area contributed by atoms with Crippen LogP contribution >= 0.6 is 0 Å². The summed E-state index contributed by atoms with van der Waals surface area (Å²) in [6, 6.07) is 10.1. The lowest BCUT2D eigenvalue weighted by molar-refractivity contribution is -0.123. The van der Waals surface area contributed by atoms with Crippen LogP contribution in [0.1, 0.15) is 38.7 Å². The van der Waals surface area contributed by atoms with Gasteiger partial charge in [0.15, 0.2) is 0 Å². The van der Waals surface area contributed by atoms with Gasteiger partial charge in [0, 0.05) is 6.54 Å². The van der Waals surface area contributed by atoms with Crippen molar-refractivity contribution < 1.29 is 4.79 Å². The lowest BCUT2D eigenvalue weighted by atomic mass is 9.95. The molecule has 0 radical (unpaired) electrons. The van der Waals surface area contributed by atoms with Crippen LogP contribution in [0.15, 0.2) is 30.3 Å². The van der Waals surface area contributed by atoms with E-state index in [2.05, 4.69) is 31.3 Å². The standard InChI is InChI=1S/C15H21NO/c1-12(2)8-11-16-14(17)15(9-10-15)13-6-4-3-5-7-13/h3-7,12H,8-11H2,1-2H3,(H,16,17). The van der Waals surface area contributed by atoms with Gasteiger partial charge in [-0.05, 0) is 30.7 Å². The molecule has 2 heteroatoms. The lowest BCUT2D eigenvalue weighted by Crippen LogP contribution is -2.35. The Kier molecular flexibility index (Phi) is 3.51. The van der Waals surface area contributed by atoms with Gasteiger partial charge in [0.05, 0.1) is 5.41 Å². The highest BCUT2D eigenvalue weighted by Crippen LogP contribution is 2.48. The first-order valence-electron chi connectivity index (χ1n) is 6.49. The van der Waals surface area contributed by atoms with E-state index in [-0.39, 0.29) is 11.3 Å². The van der Waals surface area contributed by atoms with E-state index in [4.69, 9.17) is 0 Å². The molecule has 17 heavy (non-hydrogen) atoms. The molecule has 0 unspecified atom stereocenters. The number of rotatable bonds is 5. The molecule has 0 aromatic heterocycles. The van der Waals surface area contributed by atoms with Crippen LogP contribution in [-0.2, 0) is 10.2 Å². The third kappa shape index (κ3) is 2.68. The lowest BCUT2D eigenvalue weighted by Gasteiger charge is -2.16. The van der Waals surface area contributed by atoms with Gasteiger partial charge in [0.1, 0.15) is 0 Å². The van der Waals surface area contributed by atoms with E-state index in [9.17, 15) is 4.79 Å². The van der Waals surface area contributed by atoms with Crippen LogP contribution < -0.4 is 5.32 Å². The number of benzene rings is 1. The van der Waals surface area contributed by atoms with Crippen molar-refractivity contribution in [2.75, 3.05) is 6.54 Å². The molecule has 0 aliphatic heterocycles. The summed E-state index contributed by atoms with van der Waals surface area (Å²) >= 11 is 0. The molecule has 1 fully saturated rings. The van der Waals surface area contributed by atoms with Crippen LogP contribution in [0.25, 0.3) is 0 Å². The maximum Gasteiger partial charge on any atom is 0.230 e. The fraction of sp³-hybridized carbons (Fsp3) is 0.533. The Hall–Kier alpha value is -1.31. The number of amides is 1. The second-order valence-corrected chi connectivity index (χ2v) is 5.39. The quantitative estimate of drug-likeness (QED) is 0.829. The number of carbonyl (C=O) groups is 1. The van der Waals surface area contributed by atoms with E-state index in [1.807, 2.05) is 18.2 Å². The summed E-state index contributed by atoms with van der Waals surface area (Å²) in [6.45, 7) is 5.15. The second kappa shape index (κ2) is 4.91. The van der Waals surface area contributed by atoms with Gasteiger partial charge in [-0.3, -0.25) is 4.79 Å². The van der Waals surface area contributed by atoms with Crippen molar-refractivity contribution in [1.29, 1.82) is 0 Å². The Morgan fingerprint density at radius 1 is 1.29 bits per heavy atom. The molecule has 1 aliphatic carbocycles. The van der Waals surface area contributed by atoms with Crippen molar-refractivity contribution >= 4 is 5.91 Å². The van der Waals surface area contributed by atoms with Crippen LogP contribution in [0.4, 0.5) is 0 Å². The van der Waals surface area contributed by atoms with E-state index >= 15 is 0 Å². The van der Waals surface area contributed by atoms with Crippen LogP contribution in [0.5, 0.6) is 0 Å².